The molecule has 0 spiro atoms. The van der Waals surface area contributed by atoms with Crippen LogP contribution >= 0.6 is 0 Å². The summed E-state index contributed by atoms with van der Waals surface area (Å²) >= 11 is 0. The average molecular weight is 373 g/mol. The third kappa shape index (κ3) is 5.88. The maximum atomic E-state index is 13.3. The molecule has 8 heteroatoms. The Bertz CT molecular complexity index is 582. The van der Waals surface area contributed by atoms with E-state index < -0.39 is 23.9 Å². The Morgan fingerprint density at radius 1 is 1.27 bits per heavy atom. The molecule has 2 unspecified atom stereocenters. The zero-order valence-corrected chi connectivity index (χ0v) is 15.3. The van der Waals surface area contributed by atoms with Crippen LogP contribution in [0.3, 0.4) is 0 Å². The molecule has 5 nitrogen and oxygen atoms in total. The van der Waals surface area contributed by atoms with Gasteiger partial charge in [0.1, 0.15) is 0 Å². The summed E-state index contributed by atoms with van der Waals surface area (Å²) in [5, 5.41) is 3.77. The van der Waals surface area contributed by atoms with Crippen LogP contribution in [0.4, 0.5) is 18.9 Å². The number of amides is 1. The third-order valence-corrected chi connectivity index (χ3v) is 3.95. The number of piperidine rings is 1. The standard InChI is InChI=1S/C18H26F3N3O2/c1-17(2,3)26-15(13-8-7-11-22-12-13)24(16(25)18(19,20)21)23-14-9-5-4-6-10-14/h4-6,9-10,13,15,22-23H,7-8,11-12H2,1-3H3. The number of rotatable bonds is 5. The van der Waals surface area contributed by atoms with Crippen molar-refractivity contribution in [2.75, 3.05) is 18.5 Å². The van der Waals surface area contributed by atoms with Gasteiger partial charge in [-0.1, -0.05) is 18.2 Å². The molecule has 1 aliphatic heterocycles. The molecule has 1 heterocycles. The number of nitrogens with one attached hydrogen (secondary N) is 2. The molecule has 0 aromatic heterocycles. The minimum Gasteiger partial charge on any atom is -0.351 e. The van der Waals surface area contributed by atoms with Gasteiger partial charge in [0.05, 0.1) is 11.3 Å². The Morgan fingerprint density at radius 2 is 1.92 bits per heavy atom. The first-order valence-electron chi connectivity index (χ1n) is 8.68. The first kappa shape index (κ1) is 20.5. The number of alkyl halides is 3. The molecule has 1 aromatic carbocycles. The van der Waals surface area contributed by atoms with Gasteiger partial charge in [-0.15, -0.1) is 0 Å². The number of anilines is 1. The van der Waals surface area contributed by atoms with Crippen molar-refractivity contribution in [2.24, 2.45) is 5.92 Å². The van der Waals surface area contributed by atoms with E-state index in [2.05, 4.69) is 10.7 Å². The number of carbonyl (C=O) groups excluding carboxylic acids is 1. The maximum Gasteiger partial charge on any atom is 0.473 e. The molecule has 1 fully saturated rings. The number of hydrazine groups is 1. The summed E-state index contributed by atoms with van der Waals surface area (Å²) in [5.74, 6) is -2.23. The van der Waals surface area contributed by atoms with Crippen molar-refractivity contribution in [3.63, 3.8) is 0 Å². The minimum absolute atomic E-state index is 0.259. The quantitative estimate of drug-likeness (QED) is 0.612. The lowest BCUT2D eigenvalue weighted by Gasteiger charge is -2.42. The molecule has 0 radical (unpaired) electrons. The predicted octanol–water partition coefficient (Wildman–Crippen LogP) is 3.55. The van der Waals surface area contributed by atoms with Gasteiger partial charge in [-0.25, -0.2) is 5.01 Å². The third-order valence-electron chi connectivity index (χ3n) is 3.95. The number of ether oxygens (including phenoxy) is 1. The van der Waals surface area contributed by atoms with Gasteiger partial charge in [0, 0.05) is 12.5 Å². The van der Waals surface area contributed by atoms with E-state index in [4.69, 9.17) is 4.74 Å². The van der Waals surface area contributed by atoms with Crippen molar-refractivity contribution in [2.45, 2.75) is 51.6 Å². The first-order chi connectivity index (χ1) is 12.1. The van der Waals surface area contributed by atoms with Crippen LogP contribution in [0.5, 0.6) is 0 Å². The Labute approximate surface area is 151 Å². The van der Waals surface area contributed by atoms with E-state index in [9.17, 15) is 18.0 Å². The van der Waals surface area contributed by atoms with Gasteiger partial charge in [0.25, 0.3) is 0 Å². The zero-order valence-electron chi connectivity index (χ0n) is 15.3. The van der Waals surface area contributed by atoms with Gasteiger partial charge in [0.15, 0.2) is 6.23 Å². The molecule has 146 valence electrons. The molecule has 2 rings (SSSR count). The molecule has 1 aromatic rings. The molecule has 2 atom stereocenters. The monoisotopic (exact) mass is 373 g/mol. The second kappa shape index (κ2) is 8.26. The highest BCUT2D eigenvalue weighted by Gasteiger charge is 2.48. The Balaban J connectivity index is 2.36. The van der Waals surface area contributed by atoms with E-state index >= 15 is 0 Å². The summed E-state index contributed by atoms with van der Waals surface area (Å²) in [6, 6.07) is 8.31. The van der Waals surface area contributed by atoms with Crippen LogP contribution in [0.15, 0.2) is 30.3 Å². The van der Waals surface area contributed by atoms with Crippen molar-refractivity contribution in [1.82, 2.24) is 10.3 Å². The van der Waals surface area contributed by atoms with Crippen LogP contribution in [0.2, 0.25) is 0 Å². The van der Waals surface area contributed by atoms with Gasteiger partial charge >= 0.3 is 12.1 Å². The number of hydrogen-bond acceptors (Lipinski definition) is 4. The molecular weight excluding hydrogens is 347 g/mol. The molecule has 2 N–H and O–H groups in total. The van der Waals surface area contributed by atoms with Crippen molar-refractivity contribution in [3.05, 3.63) is 30.3 Å². The molecule has 0 saturated carbocycles. The molecular formula is C18H26F3N3O2. The number of carbonyl (C=O) groups is 1. The average Bonchev–Trinajstić information content (AvgIpc) is 2.57. The van der Waals surface area contributed by atoms with Crippen LogP contribution in [0.1, 0.15) is 33.6 Å². The molecule has 1 saturated heterocycles. The number of hydrogen-bond donors (Lipinski definition) is 2. The Kier molecular flexibility index (Phi) is 6.52. The van der Waals surface area contributed by atoms with E-state index in [1.54, 1.807) is 51.1 Å². The number of halogens is 3. The van der Waals surface area contributed by atoms with Crippen LogP contribution in [0, 0.1) is 5.92 Å². The summed E-state index contributed by atoms with van der Waals surface area (Å²) < 4.78 is 45.7. The second-order valence-corrected chi connectivity index (χ2v) is 7.38. The van der Waals surface area contributed by atoms with E-state index in [1.165, 1.54) is 0 Å². The van der Waals surface area contributed by atoms with Gasteiger partial charge in [-0.2, -0.15) is 13.2 Å². The Morgan fingerprint density at radius 3 is 2.42 bits per heavy atom. The lowest BCUT2D eigenvalue weighted by molar-refractivity contribution is -0.209. The smallest absolute Gasteiger partial charge is 0.351 e. The first-order valence-corrected chi connectivity index (χ1v) is 8.68. The normalized spacial score (nSPS) is 19.7. The van der Waals surface area contributed by atoms with Gasteiger partial charge in [0.2, 0.25) is 0 Å². The topological polar surface area (TPSA) is 53.6 Å². The lowest BCUT2D eigenvalue weighted by atomic mass is 9.96. The highest BCUT2D eigenvalue weighted by atomic mass is 19.4. The summed E-state index contributed by atoms with van der Waals surface area (Å²) in [7, 11) is 0. The summed E-state index contributed by atoms with van der Waals surface area (Å²) in [4.78, 5) is 12.2. The minimum atomic E-state index is -5.01. The van der Waals surface area contributed by atoms with Crippen LogP contribution in [-0.4, -0.2) is 42.0 Å². The Hall–Kier alpha value is -1.80. The molecule has 0 bridgehead atoms. The van der Waals surface area contributed by atoms with Crippen molar-refractivity contribution in [1.29, 1.82) is 0 Å². The molecule has 0 aliphatic carbocycles. The largest absolute Gasteiger partial charge is 0.473 e. The lowest BCUT2D eigenvalue weighted by Crippen LogP contribution is -2.57. The van der Waals surface area contributed by atoms with E-state index in [0.717, 1.165) is 13.0 Å². The fourth-order valence-corrected chi connectivity index (χ4v) is 2.86. The van der Waals surface area contributed by atoms with Gasteiger partial charge < -0.3 is 10.1 Å². The number of benzene rings is 1. The van der Waals surface area contributed by atoms with Crippen LogP contribution in [-0.2, 0) is 9.53 Å². The van der Waals surface area contributed by atoms with Gasteiger partial charge in [-0.05, 0) is 52.3 Å². The van der Waals surface area contributed by atoms with Crippen LogP contribution < -0.4 is 10.7 Å². The van der Waals surface area contributed by atoms with Crippen LogP contribution in [0.25, 0.3) is 0 Å². The van der Waals surface area contributed by atoms with E-state index in [1.807, 2.05) is 0 Å². The summed E-state index contributed by atoms with van der Waals surface area (Å²) in [6.07, 6.45) is -4.58. The van der Waals surface area contributed by atoms with E-state index in [0.29, 0.717) is 23.7 Å². The summed E-state index contributed by atoms with van der Waals surface area (Å²) in [5.41, 5.74) is 2.28. The number of para-hydroxylation sites is 1. The summed E-state index contributed by atoms with van der Waals surface area (Å²) in [6.45, 7) is 6.57. The fourth-order valence-electron chi connectivity index (χ4n) is 2.86. The number of nitrogens with zero attached hydrogens (tertiary/aromatic N) is 1. The van der Waals surface area contributed by atoms with Crippen molar-refractivity contribution in [3.8, 4) is 0 Å². The zero-order chi connectivity index (χ0) is 19.4. The SMILES string of the molecule is CC(C)(C)OC(C1CCCNC1)N(Nc1ccccc1)C(=O)C(F)(F)F. The highest BCUT2D eigenvalue weighted by Crippen LogP contribution is 2.29. The fraction of sp³-hybridized carbons (Fsp3) is 0.611. The predicted molar refractivity (Wildman–Crippen MR) is 93.2 cm³/mol. The van der Waals surface area contributed by atoms with E-state index in [-0.39, 0.29) is 5.92 Å². The maximum absolute atomic E-state index is 13.3. The highest BCUT2D eigenvalue weighted by molar-refractivity contribution is 5.83. The van der Waals surface area contributed by atoms with Crippen molar-refractivity contribution < 1.29 is 22.7 Å². The van der Waals surface area contributed by atoms with Gasteiger partial charge in [-0.3, -0.25) is 10.2 Å². The molecule has 1 aliphatic rings. The second-order valence-electron chi connectivity index (χ2n) is 7.38. The van der Waals surface area contributed by atoms with Crippen molar-refractivity contribution >= 4 is 11.6 Å². The molecule has 1 amide bonds. The molecule has 26 heavy (non-hydrogen) atoms.